The van der Waals surface area contributed by atoms with E-state index in [1.807, 2.05) is 30.0 Å². The zero-order valence-electron chi connectivity index (χ0n) is 12.9. The van der Waals surface area contributed by atoms with E-state index in [0.29, 0.717) is 12.2 Å². The van der Waals surface area contributed by atoms with E-state index >= 15 is 0 Å². The van der Waals surface area contributed by atoms with Crippen LogP contribution in [0.3, 0.4) is 0 Å². The van der Waals surface area contributed by atoms with Gasteiger partial charge in [-0.15, -0.1) is 0 Å². The lowest BCUT2D eigenvalue weighted by Crippen LogP contribution is -2.36. The molecule has 0 saturated carbocycles. The number of rotatable bonds is 7. The van der Waals surface area contributed by atoms with Crippen LogP contribution in [0.2, 0.25) is 0 Å². The highest BCUT2D eigenvalue weighted by molar-refractivity contribution is 8.00. The van der Waals surface area contributed by atoms with E-state index in [1.54, 1.807) is 16.7 Å². The van der Waals surface area contributed by atoms with Crippen molar-refractivity contribution in [2.45, 2.75) is 38.0 Å². The molecule has 0 aromatic carbocycles. The highest BCUT2D eigenvalue weighted by Crippen LogP contribution is 2.29. The van der Waals surface area contributed by atoms with Crippen LogP contribution in [0.4, 0.5) is 0 Å². The van der Waals surface area contributed by atoms with E-state index in [4.69, 9.17) is 0 Å². The Kier molecular flexibility index (Phi) is 5.42. The topological polar surface area (TPSA) is 46.4 Å². The molecule has 0 aliphatic heterocycles. The quantitative estimate of drug-likeness (QED) is 0.854. The molecule has 0 bridgehead atoms. The third kappa shape index (κ3) is 3.66. The second kappa shape index (κ2) is 7.09. The van der Waals surface area contributed by atoms with Crippen LogP contribution in [0.25, 0.3) is 5.65 Å². The summed E-state index contributed by atoms with van der Waals surface area (Å²) in [7, 11) is 0. The fourth-order valence-corrected chi connectivity index (χ4v) is 3.30. The molecule has 0 amide bonds. The fraction of sp³-hybridized carbons (Fsp3) is 0.500. The van der Waals surface area contributed by atoms with Gasteiger partial charge in [0.1, 0.15) is 5.65 Å². The minimum atomic E-state index is -0.0282. The van der Waals surface area contributed by atoms with Crippen molar-refractivity contribution >= 4 is 17.4 Å². The molecule has 0 atom stereocenters. The lowest BCUT2D eigenvalue weighted by Gasteiger charge is -2.29. The highest BCUT2D eigenvalue weighted by Gasteiger charge is 2.24. The van der Waals surface area contributed by atoms with Gasteiger partial charge in [-0.3, -0.25) is 9.20 Å². The Hall–Kier alpha value is -1.33. The second-order valence-corrected chi connectivity index (χ2v) is 6.49. The third-order valence-corrected chi connectivity index (χ3v) is 5.69. The van der Waals surface area contributed by atoms with Crippen LogP contribution in [-0.4, -0.2) is 26.9 Å². The predicted molar refractivity (Wildman–Crippen MR) is 90.0 cm³/mol. The molecule has 2 rings (SSSR count). The van der Waals surface area contributed by atoms with Gasteiger partial charge in [0.2, 0.25) is 0 Å². The van der Waals surface area contributed by atoms with Gasteiger partial charge in [-0.05, 0) is 31.2 Å². The summed E-state index contributed by atoms with van der Waals surface area (Å²) in [5, 5.41) is 3.46. The van der Waals surface area contributed by atoms with E-state index in [-0.39, 0.29) is 10.3 Å². The van der Waals surface area contributed by atoms with Crippen molar-refractivity contribution in [3.05, 3.63) is 46.5 Å². The average molecular weight is 305 g/mol. The summed E-state index contributed by atoms with van der Waals surface area (Å²) in [4.78, 5) is 16.5. The predicted octanol–water partition coefficient (Wildman–Crippen LogP) is 2.71. The standard InChI is InChI=1S/C16H23N3OS/c1-4-16(5-2,21-3)12-17-11-13-10-15(20)19-9-7-6-8-14(19)18-13/h6-10,17H,4-5,11-12H2,1-3H3. The van der Waals surface area contributed by atoms with Crippen LogP contribution >= 0.6 is 11.8 Å². The van der Waals surface area contributed by atoms with Crippen molar-refractivity contribution in [3.8, 4) is 0 Å². The van der Waals surface area contributed by atoms with Crippen molar-refractivity contribution in [3.63, 3.8) is 0 Å². The van der Waals surface area contributed by atoms with Gasteiger partial charge in [-0.25, -0.2) is 4.98 Å². The van der Waals surface area contributed by atoms with Crippen LogP contribution in [0.1, 0.15) is 32.4 Å². The molecule has 21 heavy (non-hydrogen) atoms. The molecule has 2 aromatic rings. The van der Waals surface area contributed by atoms with Crippen molar-refractivity contribution in [1.29, 1.82) is 0 Å². The highest BCUT2D eigenvalue weighted by atomic mass is 32.2. The van der Waals surface area contributed by atoms with Crippen molar-refractivity contribution < 1.29 is 0 Å². The summed E-state index contributed by atoms with van der Waals surface area (Å²) in [6.45, 7) is 6.00. The Morgan fingerprint density at radius 1 is 1.33 bits per heavy atom. The molecule has 0 unspecified atom stereocenters. The van der Waals surface area contributed by atoms with E-state index in [1.165, 1.54) is 0 Å². The minimum Gasteiger partial charge on any atom is -0.310 e. The van der Waals surface area contributed by atoms with Gasteiger partial charge < -0.3 is 5.32 Å². The first-order chi connectivity index (χ1) is 10.1. The van der Waals surface area contributed by atoms with E-state index in [2.05, 4.69) is 30.4 Å². The summed E-state index contributed by atoms with van der Waals surface area (Å²) >= 11 is 1.91. The molecule has 0 radical (unpaired) electrons. The number of hydrogen-bond acceptors (Lipinski definition) is 4. The molecule has 0 fully saturated rings. The van der Waals surface area contributed by atoms with Gasteiger partial charge in [0.15, 0.2) is 0 Å². The Morgan fingerprint density at radius 3 is 2.76 bits per heavy atom. The van der Waals surface area contributed by atoms with E-state index < -0.39 is 0 Å². The van der Waals surface area contributed by atoms with Crippen LogP contribution < -0.4 is 10.9 Å². The molecular formula is C16H23N3OS. The zero-order chi connectivity index (χ0) is 15.3. The Bertz CT molecular complexity index is 641. The van der Waals surface area contributed by atoms with Crippen LogP contribution in [-0.2, 0) is 6.54 Å². The van der Waals surface area contributed by atoms with Gasteiger partial charge in [-0.2, -0.15) is 11.8 Å². The van der Waals surface area contributed by atoms with Crippen LogP contribution in [0.5, 0.6) is 0 Å². The first kappa shape index (κ1) is 16.0. The van der Waals surface area contributed by atoms with Crippen molar-refractivity contribution in [1.82, 2.24) is 14.7 Å². The maximum Gasteiger partial charge on any atom is 0.258 e. The lowest BCUT2D eigenvalue weighted by molar-refractivity contribution is 0.492. The number of hydrogen-bond donors (Lipinski definition) is 1. The fourth-order valence-electron chi connectivity index (χ4n) is 2.47. The van der Waals surface area contributed by atoms with Gasteiger partial charge in [0.25, 0.3) is 5.56 Å². The van der Waals surface area contributed by atoms with Crippen molar-refractivity contribution in [2.24, 2.45) is 0 Å². The van der Waals surface area contributed by atoms with Crippen LogP contribution in [0, 0.1) is 0 Å². The molecule has 4 nitrogen and oxygen atoms in total. The minimum absolute atomic E-state index is 0.0282. The molecule has 0 aliphatic carbocycles. The number of pyridine rings is 1. The maximum absolute atomic E-state index is 12.0. The van der Waals surface area contributed by atoms with Gasteiger partial charge in [0.05, 0.1) is 5.69 Å². The van der Waals surface area contributed by atoms with Crippen LogP contribution in [0.15, 0.2) is 35.3 Å². The number of thioether (sulfide) groups is 1. The molecule has 0 spiro atoms. The molecule has 1 N–H and O–H groups in total. The maximum atomic E-state index is 12.0. The Morgan fingerprint density at radius 2 is 2.10 bits per heavy atom. The third-order valence-electron chi connectivity index (χ3n) is 4.10. The average Bonchev–Trinajstić information content (AvgIpc) is 2.52. The van der Waals surface area contributed by atoms with Gasteiger partial charge >= 0.3 is 0 Å². The van der Waals surface area contributed by atoms with Gasteiger partial charge in [-0.1, -0.05) is 19.9 Å². The van der Waals surface area contributed by atoms with Crippen molar-refractivity contribution in [2.75, 3.05) is 12.8 Å². The largest absolute Gasteiger partial charge is 0.310 e. The number of aromatic nitrogens is 2. The molecular weight excluding hydrogens is 282 g/mol. The molecule has 0 saturated heterocycles. The summed E-state index contributed by atoms with van der Waals surface area (Å²) in [6, 6.07) is 7.20. The smallest absolute Gasteiger partial charge is 0.258 e. The first-order valence-corrected chi connectivity index (χ1v) is 8.60. The van der Waals surface area contributed by atoms with E-state index in [0.717, 1.165) is 25.1 Å². The molecule has 114 valence electrons. The number of nitrogens with zero attached hydrogens (tertiary/aromatic N) is 2. The lowest BCUT2D eigenvalue weighted by atomic mass is 10.0. The SMILES string of the molecule is CCC(CC)(CNCc1cc(=O)n2ccccc2n1)SC. The summed E-state index contributed by atoms with van der Waals surface area (Å²) in [5.74, 6) is 0. The first-order valence-electron chi connectivity index (χ1n) is 7.37. The zero-order valence-corrected chi connectivity index (χ0v) is 13.7. The molecule has 0 aliphatic rings. The summed E-state index contributed by atoms with van der Waals surface area (Å²) in [6.07, 6.45) is 6.17. The Labute approximate surface area is 130 Å². The summed E-state index contributed by atoms with van der Waals surface area (Å²) in [5.41, 5.74) is 1.47. The normalized spacial score (nSPS) is 12.0. The van der Waals surface area contributed by atoms with Gasteiger partial charge in [0, 0.05) is 30.1 Å². The molecule has 5 heteroatoms. The van der Waals surface area contributed by atoms with E-state index in [9.17, 15) is 4.79 Å². The molecule has 2 aromatic heterocycles. The second-order valence-electron chi connectivity index (χ2n) is 5.21. The number of fused-ring (bicyclic) bond motifs is 1. The number of nitrogens with one attached hydrogen (secondary N) is 1. The Balaban J connectivity index is 2.09. The summed E-state index contributed by atoms with van der Waals surface area (Å²) < 4.78 is 1.83. The molecule has 2 heterocycles. The monoisotopic (exact) mass is 305 g/mol.